The highest BCUT2D eigenvalue weighted by atomic mass is 16.5. The third-order valence-corrected chi connectivity index (χ3v) is 4.22. The maximum Gasteiger partial charge on any atom is 0.315 e. The number of hydrogen-bond acceptors (Lipinski definition) is 4. The first-order chi connectivity index (χ1) is 11.4. The molecule has 6 nitrogen and oxygen atoms in total. The molecule has 0 aliphatic carbocycles. The average Bonchev–Trinajstić information content (AvgIpc) is 3.09. The number of amides is 2. The fraction of sp³-hybridized carbons (Fsp3) is 0.389. The summed E-state index contributed by atoms with van der Waals surface area (Å²) in [4.78, 5) is 12.2. The Morgan fingerprint density at radius 1 is 1.38 bits per heavy atom. The highest BCUT2D eigenvalue weighted by molar-refractivity contribution is 5.75. The van der Waals surface area contributed by atoms with Crippen LogP contribution in [-0.4, -0.2) is 24.3 Å². The molecule has 2 heterocycles. The molecular weight excluding hydrogens is 308 g/mol. The molecule has 3 N–H and O–H groups in total. The summed E-state index contributed by atoms with van der Waals surface area (Å²) in [5.41, 5.74) is 0.430. The molecule has 0 unspecified atom stereocenters. The van der Waals surface area contributed by atoms with Crippen molar-refractivity contribution in [1.82, 2.24) is 10.6 Å². The molecular formula is C18H22N2O4. The lowest BCUT2D eigenvalue weighted by Crippen LogP contribution is -2.44. The van der Waals surface area contributed by atoms with Gasteiger partial charge in [-0.15, -0.1) is 0 Å². The predicted molar refractivity (Wildman–Crippen MR) is 89.0 cm³/mol. The largest absolute Gasteiger partial charge is 0.491 e. The van der Waals surface area contributed by atoms with E-state index in [1.165, 1.54) is 0 Å². The van der Waals surface area contributed by atoms with Crippen molar-refractivity contribution in [3.63, 3.8) is 0 Å². The standard InChI is InChI=1S/C18H22N2O4/c1-11-8-14(12(2)24-11)18(3,22)10-19-17(21)20-15-9-23-16-7-5-4-6-13(15)16/h4-8,15,22H,9-10H2,1-3H3,(H2,19,20,21)/t15-,18-/m0/s1. The van der Waals surface area contributed by atoms with Crippen LogP contribution >= 0.6 is 0 Å². The lowest BCUT2D eigenvalue weighted by atomic mass is 9.96. The second-order valence-electron chi connectivity index (χ2n) is 6.33. The first kappa shape index (κ1) is 16.4. The summed E-state index contributed by atoms with van der Waals surface area (Å²) in [6.45, 7) is 5.75. The molecule has 1 aromatic carbocycles. The van der Waals surface area contributed by atoms with Crippen molar-refractivity contribution in [2.75, 3.05) is 13.2 Å². The molecule has 2 aromatic rings. The molecule has 3 rings (SSSR count). The molecule has 1 aliphatic heterocycles. The summed E-state index contributed by atoms with van der Waals surface area (Å²) in [5, 5.41) is 16.2. The summed E-state index contributed by atoms with van der Waals surface area (Å²) in [6, 6.07) is 8.87. The lowest BCUT2D eigenvalue weighted by Gasteiger charge is -2.24. The van der Waals surface area contributed by atoms with Crippen molar-refractivity contribution < 1.29 is 19.1 Å². The maximum atomic E-state index is 12.2. The summed E-state index contributed by atoms with van der Waals surface area (Å²) >= 11 is 0. The number of rotatable bonds is 4. The molecule has 0 spiro atoms. The Labute approximate surface area is 140 Å². The first-order valence-electron chi connectivity index (χ1n) is 7.93. The Balaban J connectivity index is 1.59. The van der Waals surface area contributed by atoms with Gasteiger partial charge in [0, 0.05) is 11.1 Å². The number of hydrogen-bond donors (Lipinski definition) is 3. The molecule has 1 aliphatic rings. The van der Waals surface area contributed by atoms with Crippen LogP contribution in [0.15, 0.2) is 34.7 Å². The molecule has 0 saturated heterocycles. The van der Waals surface area contributed by atoms with E-state index in [1.54, 1.807) is 19.9 Å². The molecule has 2 atom stereocenters. The van der Waals surface area contributed by atoms with E-state index >= 15 is 0 Å². The van der Waals surface area contributed by atoms with Crippen molar-refractivity contribution in [2.24, 2.45) is 0 Å². The van der Waals surface area contributed by atoms with Crippen molar-refractivity contribution in [3.8, 4) is 5.75 Å². The maximum absolute atomic E-state index is 12.2. The van der Waals surface area contributed by atoms with Crippen molar-refractivity contribution >= 4 is 6.03 Å². The number of urea groups is 1. The second-order valence-corrected chi connectivity index (χ2v) is 6.33. The predicted octanol–water partition coefficient (Wildman–Crippen LogP) is 2.54. The minimum atomic E-state index is -1.21. The highest BCUT2D eigenvalue weighted by Gasteiger charge is 2.29. The number of nitrogens with one attached hydrogen (secondary N) is 2. The Morgan fingerprint density at radius 3 is 2.83 bits per heavy atom. The van der Waals surface area contributed by atoms with E-state index in [4.69, 9.17) is 9.15 Å². The van der Waals surface area contributed by atoms with Gasteiger partial charge in [0.15, 0.2) is 0 Å². The van der Waals surface area contributed by atoms with Crippen molar-refractivity contribution in [1.29, 1.82) is 0 Å². The molecule has 2 amide bonds. The van der Waals surface area contributed by atoms with Crippen LogP contribution in [0.25, 0.3) is 0 Å². The number of carbonyl (C=O) groups is 1. The van der Waals surface area contributed by atoms with Crippen LogP contribution in [0, 0.1) is 13.8 Å². The van der Waals surface area contributed by atoms with E-state index in [0.29, 0.717) is 17.9 Å². The quantitative estimate of drug-likeness (QED) is 0.804. The van der Waals surface area contributed by atoms with Gasteiger partial charge in [-0.25, -0.2) is 4.79 Å². The lowest BCUT2D eigenvalue weighted by molar-refractivity contribution is 0.0577. The molecule has 0 saturated carbocycles. The zero-order valence-electron chi connectivity index (χ0n) is 14.1. The van der Waals surface area contributed by atoms with Gasteiger partial charge in [-0.3, -0.25) is 0 Å². The normalized spacial score (nSPS) is 18.4. The fourth-order valence-corrected chi connectivity index (χ4v) is 3.00. The summed E-state index contributed by atoms with van der Waals surface area (Å²) in [7, 11) is 0. The molecule has 0 radical (unpaired) electrons. The van der Waals surface area contributed by atoms with E-state index in [0.717, 1.165) is 17.1 Å². The Morgan fingerprint density at radius 2 is 2.12 bits per heavy atom. The molecule has 6 heteroatoms. The van der Waals surface area contributed by atoms with E-state index in [2.05, 4.69) is 10.6 Å². The van der Waals surface area contributed by atoms with Crippen LogP contribution in [0.5, 0.6) is 5.75 Å². The highest BCUT2D eigenvalue weighted by Crippen LogP contribution is 2.31. The topological polar surface area (TPSA) is 83.7 Å². The van der Waals surface area contributed by atoms with E-state index in [1.807, 2.05) is 31.2 Å². The molecule has 0 bridgehead atoms. The van der Waals surface area contributed by atoms with E-state index in [-0.39, 0.29) is 18.6 Å². The Hall–Kier alpha value is -2.47. The van der Waals surface area contributed by atoms with Crippen molar-refractivity contribution in [2.45, 2.75) is 32.4 Å². The van der Waals surface area contributed by atoms with E-state index in [9.17, 15) is 9.90 Å². The number of fused-ring (bicyclic) bond motifs is 1. The summed E-state index contributed by atoms with van der Waals surface area (Å²) in [5.74, 6) is 2.17. The van der Waals surface area contributed by atoms with Crippen LogP contribution in [0.2, 0.25) is 0 Å². The number of para-hydroxylation sites is 1. The van der Waals surface area contributed by atoms with Gasteiger partial charge in [0.2, 0.25) is 0 Å². The third kappa shape index (κ3) is 3.23. The molecule has 128 valence electrons. The number of carbonyl (C=O) groups excluding carboxylic acids is 1. The second kappa shape index (κ2) is 6.20. The number of furan rings is 1. The average molecular weight is 330 g/mol. The summed E-state index contributed by atoms with van der Waals surface area (Å²) in [6.07, 6.45) is 0. The minimum Gasteiger partial charge on any atom is -0.491 e. The monoisotopic (exact) mass is 330 g/mol. The van der Waals surface area contributed by atoms with Gasteiger partial charge in [0.05, 0.1) is 12.6 Å². The van der Waals surface area contributed by atoms with Crippen molar-refractivity contribution in [3.05, 3.63) is 53.0 Å². The SMILES string of the molecule is Cc1cc([C@@](C)(O)CNC(=O)N[C@H]2COc3ccccc32)c(C)o1. The molecule has 0 fully saturated rings. The van der Waals surface area contributed by atoms with E-state index < -0.39 is 5.60 Å². The van der Waals surface area contributed by atoms with Gasteiger partial charge in [0.25, 0.3) is 0 Å². The van der Waals surface area contributed by atoms with Gasteiger partial charge in [0.1, 0.15) is 29.5 Å². The molecule has 24 heavy (non-hydrogen) atoms. The van der Waals surface area contributed by atoms with Crippen LogP contribution in [0.4, 0.5) is 4.79 Å². The number of ether oxygens (including phenoxy) is 1. The van der Waals surface area contributed by atoms with Gasteiger partial charge < -0.3 is 24.9 Å². The van der Waals surface area contributed by atoms with Gasteiger partial charge >= 0.3 is 6.03 Å². The Kier molecular flexibility index (Phi) is 4.24. The van der Waals surface area contributed by atoms with Gasteiger partial charge in [-0.2, -0.15) is 0 Å². The first-order valence-corrected chi connectivity index (χ1v) is 7.93. The zero-order chi connectivity index (χ0) is 17.3. The smallest absolute Gasteiger partial charge is 0.315 e. The fourth-order valence-electron chi connectivity index (χ4n) is 3.00. The molecule has 1 aromatic heterocycles. The van der Waals surface area contributed by atoms with Crippen LogP contribution in [0.3, 0.4) is 0 Å². The van der Waals surface area contributed by atoms with Gasteiger partial charge in [-0.1, -0.05) is 18.2 Å². The minimum absolute atomic E-state index is 0.0773. The number of aliphatic hydroxyl groups is 1. The van der Waals surface area contributed by atoms with Crippen LogP contribution in [-0.2, 0) is 5.60 Å². The van der Waals surface area contributed by atoms with Crippen LogP contribution < -0.4 is 15.4 Å². The summed E-state index contributed by atoms with van der Waals surface area (Å²) < 4.78 is 11.0. The third-order valence-electron chi connectivity index (χ3n) is 4.22. The Bertz CT molecular complexity index is 751. The van der Waals surface area contributed by atoms with Crippen LogP contribution in [0.1, 0.15) is 35.6 Å². The zero-order valence-corrected chi connectivity index (χ0v) is 14.1. The number of aryl methyl sites for hydroxylation is 2. The van der Waals surface area contributed by atoms with Gasteiger partial charge in [-0.05, 0) is 32.9 Å². The number of benzene rings is 1.